The van der Waals surface area contributed by atoms with Crippen molar-refractivity contribution in [3.63, 3.8) is 0 Å². The van der Waals surface area contributed by atoms with Gasteiger partial charge in [0.2, 0.25) is 5.91 Å². The average Bonchev–Trinajstić information content (AvgIpc) is 3.19. The number of carbonyl (C=O) groups is 1. The summed E-state index contributed by atoms with van der Waals surface area (Å²) in [4.78, 5) is 15.4. The zero-order valence-corrected chi connectivity index (χ0v) is 20.8. The molecule has 0 unspecified atom stereocenters. The van der Waals surface area contributed by atoms with Gasteiger partial charge >= 0.3 is 0 Å². The Morgan fingerprint density at radius 1 is 1.12 bits per heavy atom. The quantitative estimate of drug-likeness (QED) is 0.585. The molecule has 1 aliphatic heterocycles. The number of hydrogen-bond acceptors (Lipinski definition) is 5. The first kappa shape index (κ1) is 24.2. The van der Waals surface area contributed by atoms with Gasteiger partial charge in [0.25, 0.3) is 0 Å². The number of aromatic nitrogens is 3. The van der Waals surface area contributed by atoms with Gasteiger partial charge in [0.15, 0.2) is 11.0 Å². The average molecular weight is 474 g/mol. The van der Waals surface area contributed by atoms with E-state index in [1.165, 1.54) is 49.6 Å². The topological polar surface area (TPSA) is 63.1 Å². The van der Waals surface area contributed by atoms with Crippen LogP contribution in [0, 0.1) is 17.7 Å². The summed E-state index contributed by atoms with van der Waals surface area (Å²) < 4.78 is 15.6. The van der Waals surface area contributed by atoms with Gasteiger partial charge in [-0.25, -0.2) is 4.39 Å². The number of rotatable bonds is 7. The first-order valence-electron chi connectivity index (χ1n) is 12.3. The summed E-state index contributed by atoms with van der Waals surface area (Å²) in [6.07, 6.45) is 7.10. The highest BCUT2D eigenvalue weighted by atomic mass is 32.2. The van der Waals surface area contributed by atoms with Gasteiger partial charge in [-0.05, 0) is 75.4 Å². The minimum Gasteiger partial charge on any atom is -0.352 e. The summed E-state index contributed by atoms with van der Waals surface area (Å²) >= 11 is 1.42. The second kappa shape index (κ2) is 11.0. The lowest BCUT2D eigenvalue weighted by Gasteiger charge is -2.35. The molecule has 2 fully saturated rings. The van der Waals surface area contributed by atoms with Crippen LogP contribution in [-0.4, -0.2) is 50.0 Å². The third-order valence-corrected chi connectivity index (χ3v) is 8.33. The SMILES string of the molecule is C[C@H]1[C@@H](NC(=O)[C@@H](C)Sc2nnc(CN3CCCCC3)n2-c2ccc(F)cc2)CCC[C@@H]1C. The van der Waals surface area contributed by atoms with Crippen molar-refractivity contribution in [2.24, 2.45) is 11.8 Å². The van der Waals surface area contributed by atoms with Gasteiger partial charge in [-0.2, -0.15) is 0 Å². The van der Waals surface area contributed by atoms with Gasteiger partial charge in [-0.3, -0.25) is 14.3 Å². The summed E-state index contributed by atoms with van der Waals surface area (Å²) in [6.45, 7) is 9.24. The van der Waals surface area contributed by atoms with E-state index in [4.69, 9.17) is 0 Å². The van der Waals surface area contributed by atoms with Gasteiger partial charge < -0.3 is 5.32 Å². The van der Waals surface area contributed by atoms with Crippen LogP contribution in [0.4, 0.5) is 4.39 Å². The van der Waals surface area contributed by atoms with Crippen molar-refractivity contribution in [1.29, 1.82) is 0 Å². The molecule has 2 heterocycles. The van der Waals surface area contributed by atoms with Crippen LogP contribution in [0.2, 0.25) is 0 Å². The van der Waals surface area contributed by atoms with E-state index in [0.717, 1.165) is 37.4 Å². The van der Waals surface area contributed by atoms with Crippen molar-refractivity contribution in [1.82, 2.24) is 25.0 Å². The monoisotopic (exact) mass is 473 g/mol. The zero-order valence-electron chi connectivity index (χ0n) is 20.0. The van der Waals surface area contributed by atoms with Crippen LogP contribution >= 0.6 is 11.8 Å². The van der Waals surface area contributed by atoms with Crippen LogP contribution in [0.25, 0.3) is 5.69 Å². The lowest BCUT2D eigenvalue weighted by Crippen LogP contribution is -2.46. The predicted octanol–water partition coefficient (Wildman–Crippen LogP) is 4.81. The number of halogens is 1. The molecule has 4 atom stereocenters. The Bertz CT molecular complexity index is 927. The fraction of sp³-hybridized carbons (Fsp3) is 0.640. The minimum absolute atomic E-state index is 0.0391. The third kappa shape index (κ3) is 5.96. The van der Waals surface area contributed by atoms with Crippen LogP contribution in [0.3, 0.4) is 0 Å². The van der Waals surface area contributed by atoms with E-state index in [1.54, 1.807) is 12.1 Å². The fourth-order valence-corrected chi connectivity index (χ4v) is 5.84. The number of hydrogen-bond donors (Lipinski definition) is 1. The van der Waals surface area contributed by atoms with Crippen LogP contribution in [-0.2, 0) is 11.3 Å². The molecule has 180 valence electrons. The molecule has 6 nitrogen and oxygen atoms in total. The van der Waals surface area contributed by atoms with Crippen LogP contribution in [0.15, 0.2) is 29.4 Å². The second-order valence-corrected chi connectivity index (χ2v) is 11.0. The Labute approximate surface area is 200 Å². The minimum atomic E-state index is -0.305. The molecule has 2 aliphatic rings. The summed E-state index contributed by atoms with van der Waals surface area (Å²) in [5.41, 5.74) is 0.818. The molecule has 2 aromatic rings. The van der Waals surface area contributed by atoms with Crippen molar-refractivity contribution in [3.05, 3.63) is 35.9 Å². The van der Waals surface area contributed by atoms with Crippen LogP contribution < -0.4 is 5.32 Å². The molecule has 0 bridgehead atoms. The molecule has 1 N–H and O–H groups in total. The number of benzene rings is 1. The molecule has 33 heavy (non-hydrogen) atoms. The first-order valence-corrected chi connectivity index (χ1v) is 13.2. The van der Waals surface area contributed by atoms with Gasteiger partial charge in [0, 0.05) is 11.7 Å². The van der Waals surface area contributed by atoms with E-state index >= 15 is 0 Å². The van der Waals surface area contributed by atoms with Crippen LogP contribution in [0.1, 0.15) is 65.1 Å². The largest absolute Gasteiger partial charge is 0.352 e. The summed E-state index contributed by atoms with van der Waals surface area (Å²) in [5, 5.41) is 12.6. The predicted molar refractivity (Wildman–Crippen MR) is 130 cm³/mol. The van der Waals surface area contributed by atoms with E-state index in [2.05, 4.69) is 34.3 Å². The third-order valence-electron chi connectivity index (χ3n) is 7.28. The normalized spacial score (nSPS) is 25.0. The van der Waals surface area contributed by atoms with Crippen molar-refractivity contribution in [2.75, 3.05) is 13.1 Å². The van der Waals surface area contributed by atoms with Gasteiger partial charge in [-0.1, -0.05) is 44.9 Å². The molecular formula is C25H36FN5OS. The number of nitrogens with one attached hydrogen (secondary N) is 1. The van der Waals surface area contributed by atoms with E-state index < -0.39 is 0 Å². The number of nitrogens with zero attached hydrogens (tertiary/aromatic N) is 4. The van der Waals surface area contributed by atoms with Crippen molar-refractivity contribution in [3.8, 4) is 5.69 Å². The Morgan fingerprint density at radius 3 is 2.58 bits per heavy atom. The van der Waals surface area contributed by atoms with Crippen molar-refractivity contribution < 1.29 is 9.18 Å². The lowest BCUT2D eigenvalue weighted by molar-refractivity contribution is -0.121. The zero-order chi connectivity index (χ0) is 23.4. The maximum Gasteiger partial charge on any atom is 0.233 e. The molecule has 4 rings (SSSR count). The molecule has 8 heteroatoms. The molecule has 0 radical (unpaired) electrons. The van der Waals surface area contributed by atoms with E-state index in [9.17, 15) is 9.18 Å². The standard InChI is InChI=1S/C25H36FN5OS/c1-17-8-7-9-22(18(17)2)27-24(32)19(3)33-25-29-28-23(16-30-14-5-4-6-15-30)31(25)21-12-10-20(26)11-13-21/h10-13,17-19,22H,4-9,14-16H2,1-3H3,(H,27,32)/t17-,18+,19+,22-/m0/s1. The molecule has 1 aromatic heterocycles. The Morgan fingerprint density at radius 2 is 1.85 bits per heavy atom. The summed E-state index contributed by atoms with van der Waals surface area (Å²) in [5.74, 6) is 1.71. The Hall–Kier alpha value is -1.93. The highest BCUT2D eigenvalue weighted by Gasteiger charge is 2.30. The molecule has 0 spiro atoms. The number of likely N-dealkylation sites (tertiary alicyclic amines) is 1. The van der Waals surface area contributed by atoms with Gasteiger partial charge in [0.05, 0.1) is 11.8 Å². The molecule has 1 amide bonds. The smallest absolute Gasteiger partial charge is 0.233 e. The molecule has 1 aliphatic carbocycles. The van der Waals surface area contributed by atoms with Crippen LogP contribution in [0.5, 0.6) is 0 Å². The lowest BCUT2D eigenvalue weighted by atomic mass is 9.78. The number of thioether (sulfide) groups is 1. The molecular weight excluding hydrogens is 437 g/mol. The second-order valence-electron chi connectivity index (χ2n) is 9.69. The number of piperidine rings is 1. The van der Waals surface area contributed by atoms with Crippen molar-refractivity contribution in [2.45, 2.75) is 82.3 Å². The highest BCUT2D eigenvalue weighted by molar-refractivity contribution is 8.00. The summed E-state index contributed by atoms with van der Waals surface area (Å²) in [6, 6.07) is 6.64. The van der Waals surface area contributed by atoms with E-state index in [-0.39, 0.29) is 23.0 Å². The number of amides is 1. The Kier molecular flexibility index (Phi) is 8.07. The maximum absolute atomic E-state index is 13.6. The number of carbonyl (C=O) groups excluding carboxylic acids is 1. The van der Waals surface area contributed by atoms with Gasteiger partial charge in [-0.15, -0.1) is 10.2 Å². The Balaban J connectivity index is 1.51. The van der Waals surface area contributed by atoms with Crippen molar-refractivity contribution >= 4 is 17.7 Å². The summed E-state index contributed by atoms with van der Waals surface area (Å²) in [7, 11) is 0. The van der Waals surface area contributed by atoms with Gasteiger partial charge in [0.1, 0.15) is 5.82 Å². The fourth-order valence-electron chi connectivity index (χ4n) is 4.94. The first-order chi connectivity index (χ1) is 15.9. The molecule has 1 saturated heterocycles. The highest BCUT2D eigenvalue weighted by Crippen LogP contribution is 2.31. The van der Waals surface area contributed by atoms with E-state index in [0.29, 0.717) is 23.5 Å². The van der Waals surface area contributed by atoms with E-state index in [1.807, 2.05) is 11.5 Å². The molecule has 1 aromatic carbocycles. The molecule has 1 saturated carbocycles. The maximum atomic E-state index is 13.6.